The maximum atomic E-state index is 14.5. The van der Waals surface area contributed by atoms with Gasteiger partial charge in [0.1, 0.15) is 0 Å². The fourth-order valence-electron chi connectivity index (χ4n) is 3.70. The second-order valence-electron chi connectivity index (χ2n) is 7.03. The van der Waals surface area contributed by atoms with E-state index in [1.165, 1.54) is 24.3 Å². The van der Waals surface area contributed by atoms with Crippen molar-refractivity contribution in [2.75, 3.05) is 0 Å². The van der Waals surface area contributed by atoms with Crippen LogP contribution < -0.4 is 5.46 Å². The fourth-order valence-corrected chi connectivity index (χ4v) is 3.70. The molecule has 3 aromatic rings. The minimum atomic E-state index is -2.38. The Balaban J connectivity index is 0.00000167. The van der Waals surface area contributed by atoms with Crippen LogP contribution >= 0.6 is 0 Å². The summed E-state index contributed by atoms with van der Waals surface area (Å²) in [7, 11) is 0. The van der Waals surface area contributed by atoms with Crippen molar-refractivity contribution in [3.63, 3.8) is 0 Å². The van der Waals surface area contributed by atoms with E-state index in [-0.39, 0.29) is 22.2 Å². The van der Waals surface area contributed by atoms with Crippen LogP contribution in [0.3, 0.4) is 0 Å². The number of rotatable bonds is 2. The van der Waals surface area contributed by atoms with Gasteiger partial charge in [0.15, 0.2) is 0 Å². The van der Waals surface area contributed by atoms with Gasteiger partial charge in [0.25, 0.3) is 0 Å². The van der Waals surface area contributed by atoms with E-state index in [0.717, 1.165) is 6.92 Å². The quantitative estimate of drug-likeness (QED) is 0.128. The Kier molecular flexibility index (Phi) is 7.09. The van der Waals surface area contributed by atoms with Crippen molar-refractivity contribution < 1.29 is 43.9 Å². The Morgan fingerprint density at radius 2 is 0.914 bits per heavy atom. The average Bonchev–Trinajstić information content (AvgIpc) is 3.14. The summed E-state index contributed by atoms with van der Waals surface area (Å²) in [5, 5.41) is 0. The van der Waals surface area contributed by atoms with Gasteiger partial charge in [-0.05, 0) is 0 Å². The molecular weight excluding hydrogens is 489 g/mol. The normalized spacial score (nSPS) is 13.5. The Hall–Kier alpha value is -3.63. The van der Waals surface area contributed by atoms with Gasteiger partial charge in [-0.25, -0.2) is 0 Å². The molecule has 0 aliphatic heterocycles. The van der Waals surface area contributed by atoms with Crippen molar-refractivity contribution in [1.29, 1.82) is 0 Å². The molecule has 0 atom stereocenters. The Morgan fingerprint density at radius 1 is 0.543 bits per heavy atom. The van der Waals surface area contributed by atoms with Gasteiger partial charge in [-0.15, -0.1) is 13.2 Å². The van der Waals surface area contributed by atoms with Crippen LogP contribution in [0, 0.1) is 58.2 Å². The molecule has 0 saturated heterocycles. The molecule has 3 aromatic carbocycles. The molecule has 0 radical (unpaired) electrons. The van der Waals surface area contributed by atoms with Crippen LogP contribution in [-0.2, 0) is 0 Å². The molecule has 180 valence electrons. The van der Waals surface area contributed by atoms with Crippen LogP contribution in [0.5, 0.6) is 0 Å². The van der Waals surface area contributed by atoms with E-state index >= 15 is 0 Å². The number of halogens is 10. The third-order valence-electron chi connectivity index (χ3n) is 5.26. The molecular formula is C24H11BF10. The summed E-state index contributed by atoms with van der Waals surface area (Å²) in [6.45, 7) is 7.70. The van der Waals surface area contributed by atoms with Gasteiger partial charge < -0.3 is 0 Å². The van der Waals surface area contributed by atoms with Crippen molar-refractivity contribution >= 4 is 23.4 Å². The summed E-state index contributed by atoms with van der Waals surface area (Å²) in [5.41, 5.74) is -3.65. The van der Waals surface area contributed by atoms with E-state index in [0.29, 0.717) is 6.92 Å². The van der Waals surface area contributed by atoms with Gasteiger partial charge in [-0.3, -0.25) is 0 Å². The molecule has 0 nitrogen and oxygen atoms in total. The van der Waals surface area contributed by atoms with Crippen molar-refractivity contribution in [3.05, 3.63) is 118 Å². The molecule has 0 spiro atoms. The minimum absolute atomic E-state index is 0.0119. The maximum absolute atomic E-state index is 14.5. The van der Waals surface area contributed by atoms with Crippen LogP contribution in [-0.4, -0.2) is 12.4 Å². The predicted octanol–water partition coefficient (Wildman–Crippen LogP) is 6.27. The van der Waals surface area contributed by atoms with Crippen LogP contribution in [0.2, 0.25) is 0 Å². The van der Waals surface area contributed by atoms with Gasteiger partial charge in [0.2, 0.25) is 0 Å². The molecule has 0 fully saturated rings. The molecule has 0 aromatic heterocycles. The van der Waals surface area contributed by atoms with Crippen LogP contribution in [0.15, 0.2) is 43.0 Å². The topological polar surface area (TPSA) is 0 Å². The van der Waals surface area contributed by atoms with E-state index in [2.05, 4.69) is 13.2 Å². The summed E-state index contributed by atoms with van der Waals surface area (Å²) in [6.07, 6.45) is 0. The molecule has 1 aliphatic carbocycles. The van der Waals surface area contributed by atoms with Gasteiger partial charge in [0.05, 0.1) is 0 Å². The van der Waals surface area contributed by atoms with Gasteiger partial charge >= 0.3 is 179 Å². The summed E-state index contributed by atoms with van der Waals surface area (Å²) >= 11 is 0. The Bertz CT molecular complexity index is 1380. The zero-order chi connectivity index (χ0) is 26.4. The number of hydrogen-bond donors (Lipinski definition) is 0. The van der Waals surface area contributed by atoms with E-state index in [1.54, 1.807) is 0 Å². The van der Waals surface area contributed by atoms with Gasteiger partial charge in [-0.2, -0.15) is 0 Å². The Morgan fingerprint density at radius 3 is 1.37 bits per heavy atom. The van der Waals surface area contributed by atoms with Crippen LogP contribution in [0.1, 0.15) is 23.6 Å². The zero-order valence-electron chi connectivity index (χ0n) is 17.6. The van der Waals surface area contributed by atoms with Gasteiger partial charge in [0, 0.05) is 0 Å². The second-order valence-corrected chi connectivity index (χ2v) is 7.03. The third-order valence-corrected chi connectivity index (χ3v) is 5.26. The van der Waals surface area contributed by atoms with E-state index in [9.17, 15) is 43.9 Å². The summed E-state index contributed by atoms with van der Waals surface area (Å²) < 4.78 is 139. The van der Waals surface area contributed by atoms with E-state index < -0.39 is 74.8 Å². The van der Waals surface area contributed by atoms with Crippen molar-refractivity contribution in [2.24, 2.45) is 0 Å². The Labute approximate surface area is 192 Å². The average molecular weight is 500 g/mol. The fraction of sp³-hybridized carbons (Fsp3) is 0.0417. The van der Waals surface area contributed by atoms with Crippen molar-refractivity contribution in [3.8, 4) is 0 Å². The SMILES string of the molecule is C=C.CC1=C(c2c(F)c(F)c(F)c(F)c2F)c2ccccc2C1=Bc1c(F)c(F)c(F)c(F)c1F. The number of benzene rings is 3. The summed E-state index contributed by atoms with van der Waals surface area (Å²) in [5.74, 6) is -22.2. The third kappa shape index (κ3) is 3.88. The van der Waals surface area contributed by atoms with Gasteiger partial charge in [-0.1, -0.05) is 0 Å². The zero-order valence-corrected chi connectivity index (χ0v) is 17.6. The first-order valence-electron chi connectivity index (χ1n) is 9.54. The molecule has 1 aliphatic rings. The first-order valence-corrected chi connectivity index (χ1v) is 9.54. The monoisotopic (exact) mass is 500 g/mol. The van der Waals surface area contributed by atoms with Crippen LogP contribution in [0.4, 0.5) is 43.9 Å². The predicted molar refractivity (Wildman–Crippen MR) is 111 cm³/mol. The molecule has 4 rings (SSSR count). The second kappa shape index (κ2) is 9.55. The first-order chi connectivity index (χ1) is 16.5. The standard InChI is InChI=1S/C22H7BF10.C2H4/c1-6-9(10-13(24)17(28)21(32)18(29)14(10)25)7-4-2-3-5-8(7)11(6)23-12-15(26)19(30)22(33)20(31)16(12)27;1-2/h2-5H,1H3;1-2H2. The molecule has 0 unspecified atom stereocenters. The van der Waals surface area contributed by atoms with E-state index in [4.69, 9.17) is 0 Å². The molecule has 11 heteroatoms. The number of hydrogen-bond acceptors (Lipinski definition) is 0. The molecule has 35 heavy (non-hydrogen) atoms. The van der Waals surface area contributed by atoms with Crippen molar-refractivity contribution in [1.82, 2.24) is 0 Å². The molecule has 0 N–H and O–H groups in total. The molecule has 0 amide bonds. The molecule has 0 heterocycles. The van der Waals surface area contributed by atoms with Crippen LogP contribution in [0.25, 0.3) is 5.57 Å². The first kappa shape index (κ1) is 26.0. The molecule has 0 bridgehead atoms. The summed E-state index contributed by atoms with van der Waals surface area (Å²) in [6, 6.07) is 5.28. The number of allylic oxidation sites excluding steroid dienone is 1. The molecule has 0 saturated carbocycles. The number of fused-ring (bicyclic) bond motifs is 1. The van der Waals surface area contributed by atoms with Crippen molar-refractivity contribution in [2.45, 2.75) is 6.92 Å². The van der Waals surface area contributed by atoms with E-state index in [1.807, 2.05) is 0 Å². The summed E-state index contributed by atoms with van der Waals surface area (Å²) in [4.78, 5) is 0.